The molecule has 0 aromatic heterocycles. The third-order valence-electron chi connectivity index (χ3n) is 6.31. The molecule has 1 saturated heterocycles. The fraction of sp³-hybridized carbons (Fsp3) is 0.500. The van der Waals surface area contributed by atoms with E-state index in [9.17, 15) is 39.3 Å². The Hall–Kier alpha value is -3.43. The van der Waals surface area contributed by atoms with E-state index in [4.69, 9.17) is 0 Å². The first-order chi connectivity index (χ1) is 15.2. The van der Waals surface area contributed by atoms with Crippen LogP contribution in [0.2, 0.25) is 0 Å². The highest BCUT2D eigenvalue weighted by atomic mass is 16.4. The summed E-state index contributed by atoms with van der Waals surface area (Å²) in [4.78, 5) is 61.5. The third-order valence-corrected chi connectivity index (χ3v) is 6.31. The molecule has 1 heterocycles. The van der Waals surface area contributed by atoms with Crippen molar-refractivity contribution >= 4 is 29.7 Å². The average molecular weight is 446 g/mol. The number of amides is 2. The smallest absolute Gasteiger partial charge is 0.336 e. The number of aromatic carboxylic acids is 1. The Labute approximate surface area is 184 Å². The van der Waals surface area contributed by atoms with Gasteiger partial charge < -0.3 is 25.5 Å². The third kappa shape index (κ3) is 4.90. The number of carboxylic acid groups (broad SMARTS) is 3. The Morgan fingerprint density at radius 3 is 2.28 bits per heavy atom. The molecule has 1 aromatic carbocycles. The number of aliphatic carboxylic acids is 2. The zero-order chi connectivity index (χ0) is 23.4. The minimum absolute atomic E-state index is 0.135. The molecule has 2 fully saturated rings. The van der Waals surface area contributed by atoms with Gasteiger partial charge in [-0.2, -0.15) is 0 Å². The second-order valence-electron chi connectivity index (χ2n) is 8.26. The van der Waals surface area contributed by atoms with Crippen LogP contribution in [-0.4, -0.2) is 68.1 Å². The van der Waals surface area contributed by atoms with Crippen molar-refractivity contribution < 1.29 is 39.3 Å². The number of rotatable bonds is 8. The highest BCUT2D eigenvalue weighted by Gasteiger charge is 2.47. The summed E-state index contributed by atoms with van der Waals surface area (Å²) in [5, 5.41) is 30.6. The number of fused-ring (bicyclic) bond motifs is 1. The van der Waals surface area contributed by atoms with Crippen molar-refractivity contribution in [3.05, 3.63) is 35.4 Å². The Morgan fingerprint density at radius 1 is 1.00 bits per heavy atom. The zero-order valence-corrected chi connectivity index (χ0v) is 17.4. The predicted octanol–water partition coefficient (Wildman–Crippen LogP) is 1.59. The van der Waals surface area contributed by atoms with Crippen LogP contribution < -0.4 is 5.32 Å². The van der Waals surface area contributed by atoms with Crippen LogP contribution in [0, 0.1) is 5.92 Å². The molecule has 0 radical (unpaired) electrons. The van der Waals surface area contributed by atoms with Crippen LogP contribution in [0.4, 0.5) is 0 Å². The molecular formula is C22H26N2O8. The first-order valence-corrected chi connectivity index (χ1v) is 10.6. The van der Waals surface area contributed by atoms with E-state index >= 15 is 0 Å². The molecule has 0 unspecified atom stereocenters. The highest BCUT2D eigenvalue weighted by molar-refractivity contribution is 6.05. The molecule has 0 bridgehead atoms. The molecule has 4 N–H and O–H groups in total. The number of carbonyl (C=O) groups is 5. The van der Waals surface area contributed by atoms with E-state index in [1.807, 2.05) is 0 Å². The molecule has 1 aliphatic heterocycles. The van der Waals surface area contributed by atoms with Gasteiger partial charge in [-0.25, -0.2) is 14.4 Å². The number of carboxylic acids is 3. The minimum Gasteiger partial charge on any atom is -0.480 e. The van der Waals surface area contributed by atoms with Crippen molar-refractivity contribution in [3.8, 4) is 0 Å². The summed E-state index contributed by atoms with van der Waals surface area (Å²) in [6, 6.07) is 2.90. The first-order valence-electron chi connectivity index (χ1n) is 10.6. The van der Waals surface area contributed by atoms with Gasteiger partial charge in [0.25, 0.3) is 5.91 Å². The van der Waals surface area contributed by atoms with E-state index in [0.717, 1.165) is 25.7 Å². The SMILES string of the molecule is O=C(O)c1ccccc1C(=O)N[C@H](CCC(=O)N1[C@H](C(=O)O)C[C@@H]2CCCC[C@@H]21)C(=O)O. The van der Waals surface area contributed by atoms with Gasteiger partial charge in [0.2, 0.25) is 5.91 Å². The van der Waals surface area contributed by atoms with Gasteiger partial charge in [0.1, 0.15) is 12.1 Å². The predicted molar refractivity (Wildman–Crippen MR) is 110 cm³/mol. The summed E-state index contributed by atoms with van der Waals surface area (Å²) in [5.41, 5.74) is -0.456. The number of nitrogens with one attached hydrogen (secondary N) is 1. The van der Waals surface area contributed by atoms with E-state index in [1.54, 1.807) is 0 Å². The molecule has 10 nitrogen and oxygen atoms in total. The van der Waals surface area contributed by atoms with Gasteiger partial charge in [0.15, 0.2) is 0 Å². The number of benzene rings is 1. The Bertz CT molecular complexity index is 930. The maximum absolute atomic E-state index is 12.9. The lowest BCUT2D eigenvalue weighted by atomic mass is 9.84. The van der Waals surface area contributed by atoms with Gasteiger partial charge in [0, 0.05) is 12.5 Å². The summed E-state index contributed by atoms with van der Waals surface area (Å²) in [6.45, 7) is 0. The molecule has 1 aliphatic carbocycles. The van der Waals surface area contributed by atoms with Crippen LogP contribution in [0.1, 0.15) is 65.7 Å². The van der Waals surface area contributed by atoms with Gasteiger partial charge in [-0.3, -0.25) is 9.59 Å². The van der Waals surface area contributed by atoms with E-state index < -0.39 is 41.8 Å². The summed E-state index contributed by atoms with van der Waals surface area (Å²) in [6.07, 6.45) is 3.42. The minimum atomic E-state index is -1.43. The van der Waals surface area contributed by atoms with Gasteiger partial charge in [-0.1, -0.05) is 25.0 Å². The summed E-state index contributed by atoms with van der Waals surface area (Å²) in [7, 11) is 0. The first kappa shape index (κ1) is 23.2. The molecule has 172 valence electrons. The molecule has 1 aromatic rings. The Morgan fingerprint density at radius 2 is 1.66 bits per heavy atom. The van der Waals surface area contributed by atoms with E-state index in [1.165, 1.54) is 29.2 Å². The number of hydrogen-bond donors (Lipinski definition) is 4. The normalized spacial score (nSPS) is 23.1. The van der Waals surface area contributed by atoms with Gasteiger partial charge >= 0.3 is 17.9 Å². The summed E-state index contributed by atoms with van der Waals surface area (Å²) < 4.78 is 0. The van der Waals surface area contributed by atoms with Crippen LogP contribution in [0.25, 0.3) is 0 Å². The Kier molecular flexibility index (Phi) is 7.12. The van der Waals surface area contributed by atoms with Crippen molar-refractivity contribution in [3.63, 3.8) is 0 Å². The lowest BCUT2D eigenvalue weighted by Crippen LogP contribution is -2.47. The van der Waals surface area contributed by atoms with Gasteiger partial charge in [-0.15, -0.1) is 0 Å². The Balaban J connectivity index is 1.68. The van der Waals surface area contributed by atoms with Crippen molar-refractivity contribution in [2.45, 2.75) is 63.1 Å². The van der Waals surface area contributed by atoms with Crippen molar-refractivity contribution in [1.29, 1.82) is 0 Å². The van der Waals surface area contributed by atoms with Crippen LogP contribution in [0.15, 0.2) is 24.3 Å². The van der Waals surface area contributed by atoms with E-state index in [-0.39, 0.29) is 35.9 Å². The number of carbonyl (C=O) groups excluding carboxylic acids is 2. The average Bonchev–Trinajstić information content (AvgIpc) is 3.16. The van der Waals surface area contributed by atoms with Crippen LogP contribution in [0.3, 0.4) is 0 Å². The molecule has 2 amide bonds. The second-order valence-corrected chi connectivity index (χ2v) is 8.26. The molecule has 32 heavy (non-hydrogen) atoms. The zero-order valence-electron chi connectivity index (χ0n) is 17.4. The van der Waals surface area contributed by atoms with Crippen LogP contribution >= 0.6 is 0 Å². The topological polar surface area (TPSA) is 161 Å². The fourth-order valence-corrected chi connectivity index (χ4v) is 4.80. The van der Waals surface area contributed by atoms with Gasteiger partial charge in [-0.05, 0) is 43.7 Å². The summed E-state index contributed by atoms with van der Waals surface area (Å²) in [5.74, 6) is -4.95. The van der Waals surface area contributed by atoms with E-state index in [0.29, 0.717) is 6.42 Å². The lowest BCUT2D eigenvalue weighted by Gasteiger charge is -2.33. The molecule has 3 rings (SSSR count). The van der Waals surface area contributed by atoms with Gasteiger partial charge in [0.05, 0.1) is 11.1 Å². The fourth-order valence-electron chi connectivity index (χ4n) is 4.80. The van der Waals surface area contributed by atoms with Crippen LogP contribution in [-0.2, 0) is 14.4 Å². The van der Waals surface area contributed by atoms with Crippen LogP contribution in [0.5, 0.6) is 0 Å². The lowest BCUT2D eigenvalue weighted by molar-refractivity contribution is -0.150. The van der Waals surface area contributed by atoms with E-state index in [2.05, 4.69) is 5.32 Å². The van der Waals surface area contributed by atoms with Crippen molar-refractivity contribution in [2.75, 3.05) is 0 Å². The summed E-state index contributed by atoms with van der Waals surface area (Å²) >= 11 is 0. The maximum atomic E-state index is 12.9. The van der Waals surface area contributed by atoms with Crippen molar-refractivity contribution in [2.24, 2.45) is 5.92 Å². The molecule has 10 heteroatoms. The molecule has 4 atom stereocenters. The number of nitrogens with zero attached hydrogens (tertiary/aromatic N) is 1. The number of likely N-dealkylation sites (tertiary alicyclic amines) is 1. The van der Waals surface area contributed by atoms with Crippen molar-refractivity contribution in [1.82, 2.24) is 10.2 Å². The monoisotopic (exact) mass is 446 g/mol. The second kappa shape index (κ2) is 9.80. The largest absolute Gasteiger partial charge is 0.480 e. The molecular weight excluding hydrogens is 420 g/mol. The highest BCUT2D eigenvalue weighted by Crippen LogP contribution is 2.40. The standard InChI is InChI=1S/C22H26N2O8/c25-18(24-16-8-4-1-5-12(16)11-17(24)22(31)32)10-9-15(21(29)30)23-19(26)13-6-2-3-7-14(13)20(27)28/h2-3,6-7,12,15-17H,1,4-5,8-11H2,(H,23,26)(H,27,28)(H,29,30)(H,31,32)/t12-,15+,16-,17-/m0/s1. The quantitative estimate of drug-likeness (QED) is 0.468. The number of hydrogen-bond acceptors (Lipinski definition) is 5. The maximum Gasteiger partial charge on any atom is 0.336 e. The molecule has 1 saturated carbocycles. The molecule has 2 aliphatic rings. The molecule has 0 spiro atoms.